The highest BCUT2D eigenvalue weighted by atomic mass is 16.6. The first-order valence-corrected chi connectivity index (χ1v) is 7.98. The molecule has 0 spiro atoms. The zero-order chi connectivity index (χ0) is 16.3. The number of ether oxygens (including phenoxy) is 1. The number of rotatable bonds is 4. The predicted octanol–water partition coefficient (Wildman–Crippen LogP) is 2.30. The van der Waals surface area contributed by atoms with Crippen LogP contribution in [0.3, 0.4) is 0 Å². The van der Waals surface area contributed by atoms with Crippen molar-refractivity contribution < 1.29 is 9.53 Å². The number of carbonyl (C=O) groups is 1. The molecule has 6 nitrogen and oxygen atoms in total. The molecule has 0 aliphatic carbocycles. The fourth-order valence-electron chi connectivity index (χ4n) is 2.84. The van der Waals surface area contributed by atoms with Gasteiger partial charge in [0.05, 0.1) is 11.7 Å². The molecule has 1 aromatic heterocycles. The van der Waals surface area contributed by atoms with E-state index in [9.17, 15) is 4.79 Å². The Balaban J connectivity index is 1.92. The van der Waals surface area contributed by atoms with Crippen molar-refractivity contribution in [1.82, 2.24) is 20.0 Å². The average molecular weight is 308 g/mol. The fourth-order valence-corrected chi connectivity index (χ4v) is 2.84. The lowest BCUT2D eigenvalue weighted by molar-refractivity contribution is 0.0200. The van der Waals surface area contributed by atoms with Crippen molar-refractivity contribution in [3.63, 3.8) is 0 Å². The number of hydrogen-bond donors (Lipinski definition) is 1. The van der Waals surface area contributed by atoms with E-state index >= 15 is 0 Å². The number of carbonyl (C=O) groups excluding carboxylic acids is 1. The maximum atomic E-state index is 12.3. The summed E-state index contributed by atoms with van der Waals surface area (Å²) in [5, 5.41) is 7.67. The molecule has 1 aliphatic rings. The van der Waals surface area contributed by atoms with Crippen molar-refractivity contribution >= 4 is 6.09 Å². The second-order valence-electron chi connectivity index (χ2n) is 7.00. The van der Waals surface area contributed by atoms with Crippen molar-refractivity contribution in [2.24, 2.45) is 7.05 Å². The van der Waals surface area contributed by atoms with E-state index in [0.717, 1.165) is 31.6 Å². The first-order valence-electron chi connectivity index (χ1n) is 7.98. The van der Waals surface area contributed by atoms with Gasteiger partial charge in [-0.15, -0.1) is 0 Å². The van der Waals surface area contributed by atoms with Crippen LogP contribution in [0.4, 0.5) is 4.79 Å². The van der Waals surface area contributed by atoms with Gasteiger partial charge in [0, 0.05) is 32.4 Å². The van der Waals surface area contributed by atoms with Crippen LogP contribution in [0.25, 0.3) is 0 Å². The molecule has 2 atom stereocenters. The van der Waals surface area contributed by atoms with Crippen LogP contribution in [-0.2, 0) is 18.3 Å². The lowest BCUT2D eigenvalue weighted by atomic mass is 10.1. The summed E-state index contributed by atoms with van der Waals surface area (Å²) in [6.07, 6.45) is 3.63. The zero-order valence-electron chi connectivity index (χ0n) is 14.3. The standard InChI is InChI=1S/C16H28N4O2/c1-12(17-11-13-8-9-18-19(13)5)14-7-6-10-20(14)15(21)22-16(2,3)4/h8-9,12,14,17H,6-7,10-11H2,1-5H3/t12-,14+/m0/s1. The molecule has 1 aliphatic heterocycles. The predicted molar refractivity (Wildman–Crippen MR) is 85.5 cm³/mol. The molecule has 1 N–H and O–H groups in total. The number of likely N-dealkylation sites (tertiary alicyclic amines) is 1. The van der Waals surface area contributed by atoms with Gasteiger partial charge in [0.15, 0.2) is 0 Å². The summed E-state index contributed by atoms with van der Waals surface area (Å²) in [7, 11) is 1.93. The Bertz CT molecular complexity index is 506. The van der Waals surface area contributed by atoms with Gasteiger partial charge in [0.2, 0.25) is 0 Å². The molecule has 0 radical (unpaired) electrons. The minimum absolute atomic E-state index is 0.183. The maximum absolute atomic E-state index is 12.3. The molecule has 22 heavy (non-hydrogen) atoms. The largest absolute Gasteiger partial charge is 0.444 e. The van der Waals surface area contributed by atoms with Crippen LogP contribution in [0.5, 0.6) is 0 Å². The summed E-state index contributed by atoms with van der Waals surface area (Å²) >= 11 is 0. The van der Waals surface area contributed by atoms with Crippen LogP contribution in [0.15, 0.2) is 12.3 Å². The smallest absolute Gasteiger partial charge is 0.410 e. The molecule has 2 heterocycles. The lowest BCUT2D eigenvalue weighted by Crippen LogP contribution is -2.48. The SMILES string of the molecule is C[C@H](NCc1ccnn1C)[C@H]1CCCN1C(=O)OC(C)(C)C. The topological polar surface area (TPSA) is 59.4 Å². The number of hydrogen-bond acceptors (Lipinski definition) is 4. The third-order valence-electron chi connectivity index (χ3n) is 4.03. The molecule has 1 aromatic rings. The third kappa shape index (κ3) is 4.22. The fraction of sp³-hybridized carbons (Fsp3) is 0.750. The number of nitrogens with one attached hydrogen (secondary N) is 1. The molecule has 0 aromatic carbocycles. The highest BCUT2D eigenvalue weighted by Gasteiger charge is 2.35. The molecular formula is C16H28N4O2. The Hall–Kier alpha value is -1.56. The Labute approximate surface area is 132 Å². The second-order valence-corrected chi connectivity index (χ2v) is 7.00. The average Bonchev–Trinajstić information content (AvgIpc) is 3.02. The summed E-state index contributed by atoms with van der Waals surface area (Å²) in [6, 6.07) is 2.40. The summed E-state index contributed by atoms with van der Waals surface area (Å²) in [6.45, 7) is 9.36. The summed E-state index contributed by atoms with van der Waals surface area (Å²) in [4.78, 5) is 14.2. The second kappa shape index (κ2) is 6.69. The van der Waals surface area contributed by atoms with Gasteiger partial charge in [-0.1, -0.05) is 0 Å². The Kier molecular flexibility index (Phi) is 5.11. The van der Waals surface area contributed by atoms with Gasteiger partial charge in [0.1, 0.15) is 5.60 Å². The first kappa shape index (κ1) is 16.8. The van der Waals surface area contributed by atoms with E-state index in [1.807, 2.05) is 43.5 Å². The van der Waals surface area contributed by atoms with Crippen molar-refractivity contribution in [3.05, 3.63) is 18.0 Å². The van der Waals surface area contributed by atoms with Gasteiger partial charge < -0.3 is 15.0 Å². The van der Waals surface area contributed by atoms with Gasteiger partial charge in [-0.25, -0.2) is 4.79 Å². The molecule has 1 amide bonds. The molecule has 1 fully saturated rings. The Morgan fingerprint density at radius 1 is 1.55 bits per heavy atom. The number of aromatic nitrogens is 2. The van der Waals surface area contributed by atoms with Crippen LogP contribution in [0, 0.1) is 0 Å². The molecule has 6 heteroatoms. The molecular weight excluding hydrogens is 280 g/mol. The quantitative estimate of drug-likeness (QED) is 0.927. The van der Waals surface area contributed by atoms with E-state index in [1.54, 1.807) is 6.20 Å². The molecule has 0 bridgehead atoms. The number of nitrogens with zero attached hydrogens (tertiary/aromatic N) is 3. The molecule has 124 valence electrons. The van der Waals surface area contributed by atoms with E-state index in [0.29, 0.717) is 0 Å². The van der Waals surface area contributed by atoms with Gasteiger partial charge in [-0.3, -0.25) is 4.68 Å². The molecule has 2 rings (SSSR count). The van der Waals surface area contributed by atoms with Crippen LogP contribution in [0.1, 0.15) is 46.2 Å². The Morgan fingerprint density at radius 3 is 2.86 bits per heavy atom. The van der Waals surface area contributed by atoms with Crippen molar-refractivity contribution in [2.75, 3.05) is 6.54 Å². The van der Waals surface area contributed by atoms with E-state index in [2.05, 4.69) is 17.3 Å². The summed E-state index contributed by atoms with van der Waals surface area (Å²) in [5.74, 6) is 0. The zero-order valence-corrected chi connectivity index (χ0v) is 14.3. The molecule has 1 saturated heterocycles. The van der Waals surface area contributed by atoms with Crippen LogP contribution in [0.2, 0.25) is 0 Å². The monoisotopic (exact) mass is 308 g/mol. The minimum atomic E-state index is -0.449. The van der Waals surface area contributed by atoms with Crippen LogP contribution >= 0.6 is 0 Å². The van der Waals surface area contributed by atoms with E-state index < -0.39 is 5.60 Å². The van der Waals surface area contributed by atoms with Gasteiger partial charge >= 0.3 is 6.09 Å². The van der Waals surface area contributed by atoms with Crippen LogP contribution < -0.4 is 5.32 Å². The Morgan fingerprint density at radius 2 is 2.27 bits per heavy atom. The van der Waals surface area contributed by atoms with Gasteiger partial charge in [0.25, 0.3) is 0 Å². The molecule has 0 unspecified atom stereocenters. The van der Waals surface area contributed by atoms with E-state index in [4.69, 9.17) is 4.74 Å². The highest BCUT2D eigenvalue weighted by Crippen LogP contribution is 2.23. The van der Waals surface area contributed by atoms with Gasteiger partial charge in [-0.05, 0) is 46.6 Å². The summed E-state index contributed by atoms with van der Waals surface area (Å²) in [5.41, 5.74) is 0.684. The van der Waals surface area contributed by atoms with Crippen LogP contribution in [-0.4, -0.2) is 45.0 Å². The number of amides is 1. The van der Waals surface area contributed by atoms with Crippen molar-refractivity contribution in [1.29, 1.82) is 0 Å². The van der Waals surface area contributed by atoms with Gasteiger partial charge in [-0.2, -0.15) is 5.10 Å². The lowest BCUT2D eigenvalue weighted by Gasteiger charge is -2.32. The minimum Gasteiger partial charge on any atom is -0.444 e. The first-order chi connectivity index (χ1) is 10.3. The van der Waals surface area contributed by atoms with Crippen molar-refractivity contribution in [3.8, 4) is 0 Å². The van der Waals surface area contributed by atoms with Crippen molar-refractivity contribution in [2.45, 2.75) is 64.8 Å². The van der Waals surface area contributed by atoms with E-state index in [1.165, 1.54) is 0 Å². The number of aryl methyl sites for hydroxylation is 1. The highest BCUT2D eigenvalue weighted by molar-refractivity contribution is 5.69. The maximum Gasteiger partial charge on any atom is 0.410 e. The van der Waals surface area contributed by atoms with E-state index in [-0.39, 0.29) is 18.2 Å². The third-order valence-corrected chi connectivity index (χ3v) is 4.03. The normalized spacial score (nSPS) is 20.2. The summed E-state index contributed by atoms with van der Waals surface area (Å²) < 4.78 is 7.38. The molecule has 0 saturated carbocycles.